The van der Waals surface area contributed by atoms with Crippen LogP contribution in [0.1, 0.15) is 26.3 Å². The van der Waals surface area contributed by atoms with Crippen LogP contribution in [-0.2, 0) is 6.54 Å². The molecule has 2 N–H and O–H groups in total. The second kappa shape index (κ2) is 6.87. The Balaban J connectivity index is 2.02. The van der Waals surface area contributed by atoms with Crippen molar-refractivity contribution < 1.29 is 14.7 Å². The molecule has 0 aromatic heterocycles. The van der Waals surface area contributed by atoms with Gasteiger partial charge in [-0.25, -0.2) is 4.79 Å². The molecule has 0 aliphatic carbocycles. The van der Waals surface area contributed by atoms with Gasteiger partial charge in [0.05, 0.1) is 5.56 Å². The number of carboxylic acids is 1. The number of carbonyl (C=O) groups is 2. The van der Waals surface area contributed by atoms with Crippen molar-refractivity contribution in [2.24, 2.45) is 0 Å². The summed E-state index contributed by atoms with van der Waals surface area (Å²) in [4.78, 5) is 22.8. The average molecular weight is 413 g/mol. The number of carbonyl (C=O) groups excluding carboxylic acids is 1. The zero-order chi connectivity index (χ0) is 15.4. The van der Waals surface area contributed by atoms with Gasteiger partial charge in [0, 0.05) is 21.1 Å². The lowest BCUT2D eigenvalue weighted by Gasteiger charge is -2.07. The van der Waals surface area contributed by atoms with E-state index in [0.29, 0.717) is 12.1 Å². The molecule has 108 valence electrons. The smallest absolute Gasteiger partial charge is 0.335 e. The average Bonchev–Trinajstić information content (AvgIpc) is 2.44. The van der Waals surface area contributed by atoms with Crippen LogP contribution in [0, 0.1) is 0 Å². The van der Waals surface area contributed by atoms with Gasteiger partial charge in [-0.05, 0) is 35.9 Å². The normalized spacial score (nSPS) is 10.2. The highest BCUT2D eigenvalue weighted by atomic mass is 79.9. The fourth-order valence-corrected chi connectivity index (χ4v) is 3.03. The number of nitrogens with one attached hydrogen (secondary N) is 1. The Morgan fingerprint density at radius 1 is 0.952 bits per heavy atom. The minimum atomic E-state index is -0.968. The van der Waals surface area contributed by atoms with Crippen LogP contribution in [0.4, 0.5) is 0 Å². The van der Waals surface area contributed by atoms with Crippen molar-refractivity contribution in [3.8, 4) is 0 Å². The summed E-state index contributed by atoms with van der Waals surface area (Å²) < 4.78 is 1.63. The SMILES string of the molecule is O=C(O)c1ccc(CNC(=O)c2cc(Br)cc(Br)c2)cc1. The van der Waals surface area contributed by atoms with Gasteiger partial charge in [-0.15, -0.1) is 0 Å². The molecule has 0 aliphatic rings. The van der Waals surface area contributed by atoms with E-state index >= 15 is 0 Å². The molecule has 1 amide bonds. The fourth-order valence-electron chi connectivity index (χ4n) is 1.73. The first-order chi connectivity index (χ1) is 9.95. The molecule has 0 atom stereocenters. The summed E-state index contributed by atoms with van der Waals surface area (Å²) in [5.41, 5.74) is 1.60. The molecule has 4 nitrogen and oxygen atoms in total. The number of aromatic carboxylic acids is 1. The molecule has 2 aromatic rings. The topological polar surface area (TPSA) is 66.4 Å². The van der Waals surface area contributed by atoms with E-state index in [-0.39, 0.29) is 11.5 Å². The minimum Gasteiger partial charge on any atom is -0.478 e. The van der Waals surface area contributed by atoms with Gasteiger partial charge in [0.15, 0.2) is 0 Å². The zero-order valence-electron chi connectivity index (χ0n) is 10.8. The Labute approximate surface area is 138 Å². The monoisotopic (exact) mass is 411 g/mol. The molecule has 0 spiro atoms. The summed E-state index contributed by atoms with van der Waals surface area (Å²) in [5.74, 6) is -1.16. The van der Waals surface area contributed by atoms with Crippen molar-refractivity contribution >= 4 is 43.7 Å². The van der Waals surface area contributed by atoms with E-state index in [0.717, 1.165) is 14.5 Å². The van der Waals surface area contributed by atoms with Crippen molar-refractivity contribution in [2.45, 2.75) is 6.54 Å². The Morgan fingerprint density at radius 3 is 2.05 bits per heavy atom. The molecular weight excluding hydrogens is 402 g/mol. The molecule has 0 radical (unpaired) electrons. The highest BCUT2D eigenvalue weighted by molar-refractivity contribution is 9.11. The lowest BCUT2D eigenvalue weighted by Crippen LogP contribution is -2.22. The minimum absolute atomic E-state index is 0.195. The number of benzene rings is 2. The molecule has 0 saturated heterocycles. The molecule has 0 bridgehead atoms. The lowest BCUT2D eigenvalue weighted by atomic mass is 10.1. The van der Waals surface area contributed by atoms with Crippen LogP contribution in [0.3, 0.4) is 0 Å². The van der Waals surface area contributed by atoms with E-state index in [4.69, 9.17) is 5.11 Å². The lowest BCUT2D eigenvalue weighted by molar-refractivity contribution is 0.0696. The van der Waals surface area contributed by atoms with Crippen molar-refractivity contribution in [3.63, 3.8) is 0 Å². The first-order valence-corrected chi connectivity index (χ1v) is 7.61. The predicted octanol–water partition coefficient (Wildman–Crippen LogP) is 3.84. The number of carboxylic acid groups (broad SMARTS) is 1. The summed E-state index contributed by atoms with van der Waals surface area (Å²) in [6.45, 7) is 0.336. The van der Waals surface area contributed by atoms with Gasteiger partial charge in [-0.2, -0.15) is 0 Å². The number of hydrogen-bond acceptors (Lipinski definition) is 2. The molecule has 0 unspecified atom stereocenters. The molecule has 0 heterocycles. The highest BCUT2D eigenvalue weighted by Crippen LogP contribution is 2.20. The van der Waals surface area contributed by atoms with Crippen LogP contribution in [-0.4, -0.2) is 17.0 Å². The maximum absolute atomic E-state index is 12.1. The molecule has 0 fully saturated rings. The Bertz CT molecular complexity index is 664. The fraction of sp³-hybridized carbons (Fsp3) is 0.0667. The van der Waals surface area contributed by atoms with Crippen LogP contribution in [0.2, 0.25) is 0 Å². The predicted molar refractivity (Wildman–Crippen MR) is 86.4 cm³/mol. The van der Waals surface area contributed by atoms with Gasteiger partial charge in [0.2, 0.25) is 0 Å². The van der Waals surface area contributed by atoms with Crippen LogP contribution in [0.25, 0.3) is 0 Å². The molecule has 2 rings (SSSR count). The van der Waals surface area contributed by atoms with Gasteiger partial charge >= 0.3 is 5.97 Å². The third-order valence-corrected chi connectivity index (χ3v) is 3.69. The van der Waals surface area contributed by atoms with E-state index in [1.165, 1.54) is 12.1 Å². The second-order valence-electron chi connectivity index (χ2n) is 4.34. The molecular formula is C15H11Br2NO3. The molecule has 21 heavy (non-hydrogen) atoms. The van der Waals surface area contributed by atoms with Gasteiger partial charge in [-0.3, -0.25) is 4.79 Å². The Hall–Kier alpha value is -1.66. The summed E-state index contributed by atoms with van der Waals surface area (Å²) in [5, 5.41) is 11.6. The van der Waals surface area contributed by atoms with Crippen LogP contribution < -0.4 is 5.32 Å². The summed E-state index contributed by atoms with van der Waals surface area (Å²) in [6, 6.07) is 11.7. The van der Waals surface area contributed by atoms with Gasteiger partial charge in [0.25, 0.3) is 5.91 Å². The van der Waals surface area contributed by atoms with Crippen molar-refractivity contribution in [1.82, 2.24) is 5.32 Å². The van der Waals surface area contributed by atoms with Crippen molar-refractivity contribution in [2.75, 3.05) is 0 Å². The van der Waals surface area contributed by atoms with Gasteiger partial charge in [0.1, 0.15) is 0 Å². The standard InChI is InChI=1S/C15H11Br2NO3/c16-12-5-11(6-13(17)7-12)14(19)18-8-9-1-3-10(4-2-9)15(20)21/h1-7H,8H2,(H,18,19)(H,20,21). The third kappa shape index (κ3) is 4.41. The van der Waals surface area contributed by atoms with E-state index < -0.39 is 5.97 Å². The first-order valence-electron chi connectivity index (χ1n) is 6.02. The number of rotatable bonds is 4. The Morgan fingerprint density at radius 2 is 1.52 bits per heavy atom. The maximum atomic E-state index is 12.1. The molecule has 0 saturated carbocycles. The number of hydrogen-bond donors (Lipinski definition) is 2. The molecule has 0 aliphatic heterocycles. The van der Waals surface area contributed by atoms with E-state index in [1.807, 2.05) is 6.07 Å². The highest BCUT2D eigenvalue weighted by Gasteiger charge is 2.08. The van der Waals surface area contributed by atoms with Gasteiger partial charge < -0.3 is 10.4 Å². The number of amides is 1. The Kier molecular flexibility index (Phi) is 5.14. The third-order valence-electron chi connectivity index (χ3n) is 2.78. The first kappa shape index (κ1) is 15.7. The van der Waals surface area contributed by atoms with Gasteiger partial charge in [-0.1, -0.05) is 44.0 Å². The van der Waals surface area contributed by atoms with E-state index in [2.05, 4.69) is 37.2 Å². The van der Waals surface area contributed by atoms with Crippen molar-refractivity contribution in [3.05, 3.63) is 68.1 Å². The van der Waals surface area contributed by atoms with Crippen LogP contribution >= 0.6 is 31.9 Å². The summed E-state index contributed by atoms with van der Waals surface area (Å²) in [6.07, 6.45) is 0. The summed E-state index contributed by atoms with van der Waals surface area (Å²) in [7, 11) is 0. The zero-order valence-corrected chi connectivity index (χ0v) is 13.9. The number of halogens is 2. The second-order valence-corrected chi connectivity index (χ2v) is 6.17. The van der Waals surface area contributed by atoms with E-state index in [1.54, 1.807) is 24.3 Å². The van der Waals surface area contributed by atoms with Crippen molar-refractivity contribution in [1.29, 1.82) is 0 Å². The summed E-state index contributed by atoms with van der Waals surface area (Å²) >= 11 is 6.67. The maximum Gasteiger partial charge on any atom is 0.335 e. The largest absolute Gasteiger partial charge is 0.478 e. The molecule has 6 heteroatoms. The molecule has 2 aromatic carbocycles. The van der Waals surface area contributed by atoms with E-state index in [9.17, 15) is 9.59 Å². The van der Waals surface area contributed by atoms with Crippen LogP contribution in [0.15, 0.2) is 51.4 Å². The van der Waals surface area contributed by atoms with Crippen LogP contribution in [0.5, 0.6) is 0 Å². The quantitative estimate of drug-likeness (QED) is 0.801.